The van der Waals surface area contributed by atoms with Crippen molar-refractivity contribution in [3.05, 3.63) is 103 Å². The molecule has 3 aromatic rings. The molecule has 0 N–H and O–H groups in total. The molecule has 27 heavy (non-hydrogen) atoms. The van der Waals surface area contributed by atoms with Gasteiger partial charge in [0.2, 0.25) is 0 Å². The molecular weight excluding hydrogens is 404 g/mol. The molecule has 0 saturated carbocycles. The van der Waals surface area contributed by atoms with Crippen molar-refractivity contribution in [1.29, 1.82) is 0 Å². The third-order valence-electron chi connectivity index (χ3n) is 3.79. The number of hydrogen-bond acceptors (Lipinski definition) is 0. The van der Waals surface area contributed by atoms with Gasteiger partial charge in [-0.3, -0.25) is 5.57 Å². The van der Waals surface area contributed by atoms with E-state index in [1.54, 1.807) is 0 Å². The second-order valence-corrected chi connectivity index (χ2v) is 6.06. The molecule has 0 aliphatic carbocycles. The quantitative estimate of drug-likeness (QED) is 0.262. The first kappa shape index (κ1) is 25.5. The SMILES string of the molecule is CCCC[C-]=C(CCCC)c1[c-]cccc1.[Zr+4].c1cc[cH-]c1.c1cc[cH-]c1. The smallest absolute Gasteiger partial charge is 0.323 e. The minimum absolute atomic E-state index is 0. The average molecular weight is 436 g/mol. The molecule has 0 aliphatic heterocycles. The van der Waals surface area contributed by atoms with Crippen LogP contribution in [0.25, 0.3) is 5.57 Å². The summed E-state index contributed by atoms with van der Waals surface area (Å²) >= 11 is 0. The van der Waals surface area contributed by atoms with Crippen LogP contribution in [-0.2, 0) is 26.2 Å². The summed E-state index contributed by atoms with van der Waals surface area (Å²) in [6.07, 6.45) is 10.7. The van der Waals surface area contributed by atoms with Gasteiger partial charge >= 0.3 is 26.2 Å². The molecule has 0 nitrogen and oxygen atoms in total. The van der Waals surface area contributed by atoms with Crippen LogP contribution < -0.4 is 0 Å². The van der Waals surface area contributed by atoms with Gasteiger partial charge in [-0.05, 0) is 0 Å². The Bertz CT molecular complexity index is 557. The number of hydrogen-bond donors (Lipinski definition) is 0. The van der Waals surface area contributed by atoms with E-state index in [1.165, 1.54) is 36.8 Å². The minimum atomic E-state index is 0. The van der Waals surface area contributed by atoms with Crippen LogP contribution in [0.2, 0.25) is 0 Å². The third kappa shape index (κ3) is 14.3. The maximum Gasteiger partial charge on any atom is 4.00 e. The molecular formula is C26H32Zr. The van der Waals surface area contributed by atoms with Crippen molar-refractivity contribution in [2.45, 2.75) is 52.4 Å². The van der Waals surface area contributed by atoms with E-state index in [9.17, 15) is 0 Å². The van der Waals surface area contributed by atoms with Crippen molar-refractivity contribution in [2.75, 3.05) is 0 Å². The van der Waals surface area contributed by atoms with Crippen LogP contribution >= 0.6 is 0 Å². The van der Waals surface area contributed by atoms with Crippen molar-refractivity contribution in [1.82, 2.24) is 0 Å². The van der Waals surface area contributed by atoms with E-state index in [-0.39, 0.29) is 26.2 Å². The van der Waals surface area contributed by atoms with Gasteiger partial charge in [-0.15, -0.1) is 12.5 Å². The van der Waals surface area contributed by atoms with E-state index in [4.69, 9.17) is 0 Å². The fourth-order valence-electron chi connectivity index (χ4n) is 2.31. The normalized spacial score (nSPS) is 9.93. The second-order valence-electron chi connectivity index (χ2n) is 6.06. The van der Waals surface area contributed by atoms with Crippen LogP contribution in [0.1, 0.15) is 57.9 Å². The third-order valence-corrected chi connectivity index (χ3v) is 3.79. The van der Waals surface area contributed by atoms with Gasteiger partial charge in [-0.2, -0.15) is 48.5 Å². The molecule has 0 spiro atoms. The van der Waals surface area contributed by atoms with Gasteiger partial charge in [0.05, 0.1) is 0 Å². The standard InChI is InChI=1S/C16H22.2C5H5.Zr/c1-3-5-8-12-15(11-6-4-2)16-13-9-7-10-14-16;2*1-2-4-5-3-1;/h7,9-10,13H,3-6,8,11H2,1-2H3;2*1-5H;/q-2;2*-1;+4. The summed E-state index contributed by atoms with van der Waals surface area (Å²) in [7, 11) is 0. The molecule has 1 heteroatoms. The summed E-state index contributed by atoms with van der Waals surface area (Å²) in [5, 5.41) is 0. The Morgan fingerprint density at radius 1 is 0.852 bits per heavy atom. The van der Waals surface area contributed by atoms with Crippen molar-refractivity contribution < 1.29 is 26.2 Å². The first-order valence-electron chi connectivity index (χ1n) is 9.78. The molecule has 0 aromatic heterocycles. The number of allylic oxidation sites excluding steroid dienone is 2. The molecule has 0 heterocycles. The Balaban J connectivity index is 0.000000496. The van der Waals surface area contributed by atoms with Crippen molar-refractivity contribution in [2.24, 2.45) is 0 Å². The molecule has 140 valence electrons. The minimum Gasteiger partial charge on any atom is -0.323 e. The van der Waals surface area contributed by atoms with Gasteiger partial charge < -0.3 is 11.6 Å². The van der Waals surface area contributed by atoms with Crippen molar-refractivity contribution in [3.8, 4) is 0 Å². The Morgan fingerprint density at radius 3 is 1.85 bits per heavy atom. The Kier molecular flexibility index (Phi) is 18.3. The summed E-state index contributed by atoms with van der Waals surface area (Å²) in [4.78, 5) is 0. The van der Waals surface area contributed by atoms with Crippen LogP contribution in [0.15, 0.2) is 84.9 Å². The molecule has 0 unspecified atom stereocenters. The molecule has 3 aromatic carbocycles. The van der Waals surface area contributed by atoms with Crippen LogP contribution in [0.5, 0.6) is 0 Å². The number of benzene rings is 1. The number of rotatable bonds is 7. The van der Waals surface area contributed by atoms with E-state index in [1.807, 2.05) is 72.8 Å². The monoisotopic (exact) mass is 434 g/mol. The second kappa shape index (κ2) is 19.3. The van der Waals surface area contributed by atoms with Gasteiger partial charge in [-0.1, -0.05) is 46.0 Å². The summed E-state index contributed by atoms with van der Waals surface area (Å²) in [6.45, 7) is 4.46. The fourth-order valence-corrected chi connectivity index (χ4v) is 2.31. The molecule has 0 fully saturated rings. The Morgan fingerprint density at radius 2 is 1.44 bits per heavy atom. The first-order valence-corrected chi connectivity index (χ1v) is 9.78. The Labute approximate surface area is 186 Å². The number of unbranched alkanes of at least 4 members (excludes halogenated alkanes) is 3. The maximum atomic E-state index is 3.56. The topological polar surface area (TPSA) is 0 Å². The first-order chi connectivity index (χ1) is 12.9. The molecule has 0 aliphatic rings. The average Bonchev–Trinajstić information content (AvgIpc) is 3.44. The molecule has 0 bridgehead atoms. The molecule has 0 amide bonds. The van der Waals surface area contributed by atoms with Crippen molar-refractivity contribution in [3.63, 3.8) is 0 Å². The van der Waals surface area contributed by atoms with Gasteiger partial charge in [0.15, 0.2) is 0 Å². The Hall–Kier alpha value is -1.46. The van der Waals surface area contributed by atoms with Gasteiger partial charge in [0, 0.05) is 0 Å². The zero-order valence-electron chi connectivity index (χ0n) is 16.8. The van der Waals surface area contributed by atoms with Crippen LogP contribution in [0.3, 0.4) is 0 Å². The molecule has 0 radical (unpaired) electrons. The summed E-state index contributed by atoms with van der Waals surface area (Å²) < 4.78 is 0. The summed E-state index contributed by atoms with van der Waals surface area (Å²) in [5.74, 6) is 0. The zero-order chi connectivity index (χ0) is 18.7. The van der Waals surface area contributed by atoms with E-state index in [2.05, 4.69) is 38.1 Å². The van der Waals surface area contributed by atoms with E-state index in [0.29, 0.717) is 0 Å². The van der Waals surface area contributed by atoms with Gasteiger partial charge in [0.1, 0.15) is 0 Å². The van der Waals surface area contributed by atoms with E-state index < -0.39 is 0 Å². The molecule has 3 rings (SSSR count). The van der Waals surface area contributed by atoms with Gasteiger partial charge in [0.25, 0.3) is 0 Å². The van der Waals surface area contributed by atoms with Crippen LogP contribution in [0.4, 0.5) is 0 Å². The zero-order valence-corrected chi connectivity index (χ0v) is 19.3. The molecule has 0 saturated heterocycles. The van der Waals surface area contributed by atoms with Crippen molar-refractivity contribution >= 4 is 5.57 Å². The van der Waals surface area contributed by atoms with Crippen LogP contribution in [-0.4, -0.2) is 0 Å². The van der Waals surface area contributed by atoms with Crippen LogP contribution in [0, 0.1) is 12.1 Å². The maximum absolute atomic E-state index is 3.56. The van der Waals surface area contributed by atoms with Gasteiger partial charge in [-0.25, -0.2) is 36.4 Å². The largest absolute Gasteiger partial charge is 4.00 e. The predicted molar refractivity (Wildman–Crippen MR) is 115 cm³/mol. The molecule has 0 atom stereocenters. The predicted octanol–water partition coefficient (Wildman–Crippen LogP) is 7.86. The van der Waals surface area contributed by atoms with E-state index in [0.717, 1.165) is 12.8 Å². The summed E-state index contributed by atoms with van der Waals surface area (Å²) in [6, 6.07) is 31.5. The fraction of sp³-hybridized carbons (Fsp3) is 0.308. The van der Waals surface area contributed by atoms with E-state index >= 15 is 0 Å². The summed E-state index contributed by atoms with van der Waals surface area (Å²) in [5.41, 5.74) is 2.59.